The second-order valence-electron chi connectivity index (χ2n) is 4.69. The zero-order chi connectivity index (χ0) is 13.0. The van der Waals surface area contributed by atoms with Crippen LogP contribution in [0.15, 0.2) is 0 Å². The third kappa shape index (κ3) is 3.35. The molecule has 18 heavy (non-hydrogen) atoms. The summed E-state index contributed by atoms with van der Waals surface area (Å²) in [6, 6.07) is 0. The minimum Gasteiger partial charge on any atom is -0.394 e. The minimum atomic E-state index is -0.348. The summed E-state index contributed by atoms with van der Waals surface area (Å²) < 4.78 is 16.7. The highest BCUT2D eigenvalue weighted by Crippen LogP contribution is 2.52. The molecule has 2 aliphatic heterocycles. The Labute approximate surface area is 117 Å². The quantitative estimate of drug-likeness (QED) is 0.797. The Hall–Kier alpha value is 0.540. The van der Waals surface area contributed by atoms with Crippen LogP contribution in [0.25, 0.3) is 0 Å². The van der Waals surface area contributed by atoms with Gasteiger partial charge in [-0.15, -0.1) is 23.5 Å². The Bertz CT molecular complexity index is 254. The number of hydrogen-bond donors (Lipinski definition) is 1. The van der Waals surface area contributed by atoms with Crippen molar-refractivity contribution in [2.24, 2.45) is 0 Å². The first-order valence-corrected chi connectivity index (χ1v) is 8.30. The lowest BCUT2D eigenvalue weighted by atomic mass is 10.0. The molecule has 106 valence electrons. The van der Waals surface area contributed by atoms with E-state index in [4.69, 9.17) is 14.2 Å². The second-order valence-corrected chi connectivity index (χ2v) is 7.90. The molecular weight excluding hydrogens is 272 g/mol. The Balaban J connectivity index is 2.07. The fourth-order valence-electron chi connectivity index (χ4n) is 2.60. The predicted molar refractivity (Wildman–Crippen MR) is 75.1 cm³/mol. The van der Waals surface area contributed by atoms with Crippen LogP contribution in [0.4, 0.5) is 0 Å². The molecule has 2 atom stereocenters. The van der Waals surface area contributed by atoms with Gasteiger partial charge in [0.1, 0.15) is 6.10 Å². The van der Waals surface area contributed by atoms with E-state index in [1.807, 2.05) is 23.5 Å². The average Bonchev–Trinajstić information content (AvgIpc) is 2.40. The van der Waals surface area contributed by atoms with E-state index in [1.165, 1.54) is 17.9 Å². The molecule has 2 heterocycles. The minimum absolute atomic E-state index is 0.0690. The van der Waals surface area contributed by atoms with Crippen molar-refractivity contribution in [1.82, 2.24) is 0 Å². The molecule has 0 aliphatic carbocycles. The van der Waals surface area contributed by atoms with Crippen molar-refractivity contribution in [3.8, 4) is 0 Å². The van der Waals surface area contributed by atoms with E-state index in [-0.39, 0.29) is 29.2 Å². The molecule has 2 aliphatic rings. The maximum atomic E-state index is 9.42. The summed E-state index contributed by atoms with van der Waals surface area (Å²) in [5.41, 5.74) is 0. The maximum absolute atomic E-state index is 9.42. The van der Waals surface area contributed by atoms with Crippen molar-refractivity contribution in [2.75, 3.05) is 32.3 Å². The van der Waals surface area contributed by atoms with Crippen LogP contribution in [0.3, 0.4) is 0 Å². The first kappa shape index (κ1) is 14.9. The summed E-state index contributed by atoms with van der Waals surface area (Å²) in [4.78, 5) is 0. The normalized spacial score (nSPS) is 32.0. The van der Waals surface area contributed by atoms with Gasteiger partial charge in [0.15, 0.2) is 6.29 Å². The van der Waals surface area contributed by atoms with E-state index in [0.29, 0.717) is 0 Å². The molecule has 0 radical (unpaired) electrons. The van der Waals surface area contributed by atoms with Gasteiger partial charge in [-0.1, -0.05) is 0 Å². The van der Waals surface area contributed by atoms with E-state index >= 15 is 0 Å². The summed E-state index contributed by atoms with van der Waals surface area (Å²) >= 11 is 4.02. The van der Waals surface area contributed by atoms with Gasteiger partial charge in [-0.3, -0.25) is 0 Å². The standard InChI is InChI=1S/C12H22O4S2/c1-14-11(15-2)10-7-12(6-9(8-13)16-10)17-4-3-5-18-12/h9-11,13H,3-8H2,1-2H3/t9-,10+/m0/s1. The predicted octanol–water partition coefficient (Wildman–Crippen LogP) is 1.71. The van der Waals surface area contributed by atoms with Gasteiger partial charge >= 0.3 is 0 Å². The van der Waals surface area contributed by atoms with Gasteiger partial charge < -0.3 is 19.3 Å². The summed E-state index contributed by atoms with van der Waals surface area (Å²) in [7, 11) is 3.27. The van der Waals surface area contributed by atoms with Gasteiger partial charge in [-0.2, -0.15) is 0 Å². The van der Waals surface area contributed by atoms with Gasteiger partial charge in [0.2, 0.25) is 0 Å². The lowest BCUT2D eigenvalue weighted by Gasteiger charge is -2.46. The molecule has 1 N–H and O–H groups in total. The molecule has 0 amide bonds. The zero-order valence-corrected chi connectivity index (χ0v) is 12.6. The van der Waals surface area contributed by atoms with Crippen molar-refractivity contribution in [3.05, 3.63) is 0 Å². The Kier molecular flexibility index (Phi) is 5.65. The lowest BCUT2D eigenvalue weighted by molar-refractivity contribution is -0.211. The van der Waals surface area contributed by atoms with E-state index in [9.17, 15) is 5.11 Å². The summed E-state index contributed by atoms with van der Waals surface area (Å²) in [5, 5.41) is 9.42. The molecular formula is C12H22O4S2. The molecule has 0 aromatic rings. The van der Waals surface area contributed by atoms with Gasteiger partial charge in [-0.25, -0.2) is 0 Å². The van der Waals surface area contributed by atoms with Crippen LogP contribution >= 0.6 is 23.5 Å². The van der Waals surface area contributed by atoms with Crippen LogP contribution in [-0.4, -0.2) is 60.0 Å². The van der Waals surface area contributed by atoms with E-state index in [2.05, 4.69) is 0 Å². The summed E-state index contributed by atoms with van der Waals surface area (Å²) in [6.45, 7) is 0.0690. The molecule has 6 heteroatoms. The first-order chi connectivity index (χ1) is 8.73. The number of thioether (sulfide) groups is 2. The SMILES string of the molecule is COC(OC)[C@H]1CC2(C[C@@H](CO)O1)SCCCS2. The van der Waals surface area contributed by atoms with Crippen molar-refractivity contribution in [2.45, 2.75) is 41.8 Å². The molecule has 0 aromatic carbocycles. The van der Waals surface area contributed by atoms with Crippen LogP contribution in [0.1, 0.15) is 19.3 Å². The van der Waals surface area contributed by atoms with Gasteiger partial charge in [0.25, 0.3) is 0 Å². The zero-order valence-electron chi connectivity index (χ0n) is 11.0. The summed E-state index contributed by atoms with van der Waals surface area (Å²) in [5.74, 6) is 2.39. The smallest absolute Gasteiger partial charge is 0.183 e. The fraction of sp³-hybridized carbons (Fsp3) is 1.00. The van der Waals surface area contributed by atoms with Crippen molar-refractivity contribution < 1.29 is 19.3 Å². The van der Waals surface area contributed by atoms with Gasteiger partial charge in [0, 0.05) is 20.6 Å². The summed E-state index contributed by atoms with van der Waals surface area (Å²) in [6.07, 6.45) is 2.56. The van der Waals surface area contributed by atoms with Gasteiger partial charge in [-0.05, 0) is 24.3 Å². The number of rotatable bonds is 4. The van der Waals surface area contributed by atoms with Crippen LogP contribution in [-0.2, 0) is 14.2 Å². The third-order valence-corrected chi connectivity index (χ3v) is 6.82. The van der Waals surface area contributed by atoms with Crippen molar-refractivity contribution in [3.63, 3.8) is 0 Å². The monoisotopic (exact) mass is 294 g/mol. The fourth-order valence-corrected chi connectivity index (χ4v) is 6.11. The molecule has 0 aromatic heterocycles. The van der Waals surface area contributed by atoms with Crippen LogP contribution in [0.5, 0.6) is 0 Å². The van der Waals surface area contributed by atoms with Crippen molar-refractivity contribution >= 4 is 23.5 Å². The molecule has 0 saturated carbocycles. The molecule has 2 rings (SSSR count). The molecule has 0 bridgehead atoms. The van der Waals surface area contributed by atoms with Crippen LogP contribution in [0.2, 0.25) is 0 Å². The number of ether oxygens (including phenoxy) is 3. The average molecular weight is 294 g/mol. The highest BCUT2D eigenvalue weighted by Gasteiger charge is 2.45. The second kappa shape index (κ2) is 6.81. The first-order valence-electron chi connectivity index (χ1n) is 6.33. The molecule has 2 fully saturated rings. The topological polar surface area (TPSA) is 47.9 Å². The van der Waals surface area contributed by atoms with Crippen LogP contribution < -0.4 is 0 Å². The van der Waals surface area contributed by atoms with E-state index < -0.39 is 0 Å². The Morgan fingerprint density at radius 1 is 1.28 bits per heavy atom. The Morgan fingerprint density at radius 3 is 2.50 bits per heavy atom. The number of aliphatic hydroxyl groups is 1. The molecule has 2 saturated heterocycles. The van der Waals surface area contributed by atoms with Gasteiger partial charge in [0.05, 0.1) is 16.8 Å². The maximum Gasteiger partial charge on any atom is 0.183 e. The Morgan fingerprint density at radius 2 is 1.94 bits per heavy atom. The number of methoxy groups -OCH3 is 2. The molecule has 4 nitrogen and oxygen atoms in total. The van der Waals surface area contributed by atoms with E-state index in [0.717, 1.165) is 12.8 Å². The van der Waals surface area contributed by atoms with Crippen molar-refractivity contribution in [1.29, 1.82) is 0 Å². The number of hydrogen-bond acceptors (Lipinski definition) is 6. The lowest BCUT2D eigenvalue weighted by Crippen LogP contribution is -2.49. The highest BCUT2D eigenvalue weighted by molar-refractivity contribution is 8.18. The number of aliphatic hydroxyl groups excluding tert-OH is 1. The third-order valence-electron chi connectivity index (χ3n) is 3.41. The highest BCUT2D eigenvalue weighted by atomic mass is 32.2. The molecule has 1 spiro atoms. The van der Waals surface area contributed by atoms with E-state index in [1.54, 1.807) is 14.2 Å². The van der Waals surface area contributed by atoms with Crippen LogP contribution in [0, 0.1) is 0 Å². The molecule has 0 unspecified atom stereocenters. The largest absolute Gasteiger partial charge is 0.394 e.